The maximum absolute atomic E-state index is 17.5. The SMILES string of the molecule is C[C@H]1CCC/C2=C/[C@H]3C[C@@H]4[C@H]5C6=C3[C@]37C(=O)O/C(=C(/O)[C@@H]8CC[C@@H]9[C@H]%10C[C@@H](CN9[C@H]8[C@H]8CC9(CCCC9)[C@@]9(CCCC9%11CCCC%11)C8)[C@@H]8CCC(=C5N8C%10)C[C@H]4C)[C@@]3(CC6)[C@]3(OC(=O)c4c(CCCN)cccc43)[C@H]7C[C@@H]2[C@@H]2CCC[C@]3(CC[C@H](CC1)C3)C2. The minimum atomic E-state index is -1.16. The van der Waals surface area contributed by atoms with Gasteiger partial charge in [0.05, 0.1) is 11.0 Å². The van der Waals surface area contributed by atoms with Gasteiger partial charge in [-0.1, -0.05) is 113 Å². The Morgan fingerprint density at radius 1 is 0.708 bits per heavy atom. The summed E-state index contributed by atoms with van der Waals surface area (Å²) in [5.74, 6) is 5.87. The number of rotatable bonds is 4. The summed E-state index contributed by atoms with van der Waals surface area (Å²) in [7, 11) is 0. The van der Waals surface area contributed by atoms with Crippen molar-refractivity contribution in [1.29, 1.82) is 0 Å². The van der Waals surface area contributed by atoms with Gasteiger partial charge in [0.25, 0.3) is 0 Å². The maximum Gasteiger partial charge on any atom is 0.339 e. The Balaban J connectivity index is 0.851. The zero-order valence-corrected chi connectivity index (χ0v) is 54.9. The molecule has 7 heterocycles. The van der Waals surface area contributed by atoms with E-state index in [4.69, 9.17) is 15.2 Å². The smallest absolute Gasteiger partial charge is 0.339 e. The van der Waals surface area contributed by atoms with E-state index in [2.05, 4.69) is 47.9 Å². The van der Waals surface area contributed by atoms with Gasteiger partial charge in [-0.2, -0.15) is 0 Å². The number of aryl methyl sites for hydroxylation is 1. The van der Waals surface area contributed by atoms with Crippen molar-refractivity contribution in [3.63, 3.8) is 0 Å². The standard InChI is InChI=1S/C81H109N3O5/c1-47-12-7-14-51-37-54-39-60-48(2)36-52-20-22-63-55-38-56-46-84(63)70(52)67(60)58-25-34-79-72(71(85)59-21-23-64(56)83(45-55)69(59)57-43-77(29-5-6-30-77)78(44-57)32-11-31-76(78)27-3-4-28-76)88-74(87)80(79,68(54)58)65(81(79)62-17-8-13-50(16-10-35-82)66(62)73(86)89-81)40-61(51)53-15-9-26-75(42-53)33-24-49(41-75)19-18-47/h8,13,17,37,47-49,53-57,59-61,63-65,67,69,85H,3-7,9-12,14-16,18-36,38-46,82H2,1-2H3/b51-37-,72-71+/t47-,48+,49-,53+,54-,55-,56-,57-,59+,60-,61-,63-,64+,65-,67+,69-,75+,78-,79+,80+,81+/m0/s1. The molecule has 7 spiro atoms. The second-order valence-electron chi connectivity index (χ2n) is 36.5. The molecule has 0 radical (unpaired) electrons. The summed E-state index contributed by atoms with van der Waals surface area (Å²) in [6.45, 7) is 8.10. The van der Waals surface area contributed by atoms with Gasteiger partial charge in [0.1, 0.15) is 11.2 Å². The minimum absolute atomic E-state index is 0.0824. The number of nitrogens with two attached hydrogens (primary N) is 1. The Morgan fingerprint density at radius 3 is 2.42 bits per heavy atom. The predicted octanol–water partition coefficient (Wildman–Crippen LogP) is 17.3. The Morgan fingerprint density at radius 2 is 1.55 bits per heavy atom. The number of carbonyl (C=O) groups is 2. The molecule has 0 amide bonds. The molecule has 1 aromatic carbocycles. The van der Waals surface area contributed by atoms with Gasteiger partial charge in [0, 0.05) is 60.2 Å². The largest absolute Gasteiger partial charge is 0.508 e. The number of benzene rings is 1. The van der Waals surface area contributed by atoms with Crippen molar-refractivity contribution in [1.82, 2.24) is 9.80 Å². The fourth-order valence-corrected chi connectivity index (χ4v) is 31.3. The number of aliphatic hydroxyl groups excluding tert-OH is 1. The number of ether oxygens (including phenoxy) is 2. The van der Waals surface area contributed by atoms with Crippen LogP contribution >= 0.6 is 0 Å². The first-order chi connectivity index (χ1) is 43.4. The molecule has 12 fully saturated rings. The third-order valence-electron chi connectivity index (χ3n) is 33.8. The molecular weight excluding hydrogens is 1090 g/mol. The Bertz CT molecular complexity index is 3310. The summed E-state index contributed by atoms with van der Waals surface area (Å²) in [5, 5.41) is 14.9. The van der Waals surface area contributed by atoms with Crippen molar-refractivity contribution >= 4 is 11.9 Å². The van der Waals surface area contributed by atoms with Gasteiger partial charge in [0.15, 0.2) is 11.4 Å². The second-order valence-corrected chi connectivity index (χ2v) is 36.5. The first-order valence-electron chi connectivity index (χ1n) is 38.8. The number of carbonyl (C=O) groups excluding carboxylic acids is 2. The normalized spacial score (nSPS) is 50.4. The number of esters is 2. The van der Waals surface area contributed by atoms with E-state index >= 15 is 9.59 Å². The van der Waals surface area contributed by atoms with Gasteiger partial charge in [-0.25, -0.2) is 4.79 Å². The fourth-order valence-electron chi connectivity index (χ4n) is 31.3. The van der Waals surface area contributed by atoms with Crippen LogP contribution in [0.5, 0.6) is 0 Å². The topological polar surface area (TPSA) is 105 Å². The van der Waals surface area contributed by atoms with Gasteiger partial charge >= 0.3 is 11.9 Å². The molecule has 4 saturated heterocycles. The molecule has 478 valence electrons. The molecular formula is C81H109N3O5. The van der Waals surface area contributed by atoms with Gasteiger partial charge < -0.3 is 25.2 Å². The molecule has 10 bridgehead atoms. The second kappa shape index (κ2) is 19.4. The highest BCUT2D eigenvalue weighted by molar-refractivity contribution is 6.00. The van der Waals surface area contributed by atoms with Gasteiger partial charge in [-0.3, -0.25) is 9.69 Å². The number of hydrogen-bond acceptors (Lipinski definition) is 8. The van der Waals surface area contributed by atoms with Crippen molar-refractivity contribution in [2.24, 2.45) is 115 Å². The molecule has 8 saturated carbocycles. The summed E-state index contributed by atoms with van der Waals surface area (Å²) in [6.07, 6.45) is 49.0. The molecule has 21 atom stereocenters. The molecule has 3 N–H and O–H groups in total. The van der Waals surface area contributed by atoms with Crippen LogP contribution in [0.1, 0.15) is 266 Å². The van der Waals surface area contributed by atoms with Crippen LogP contribution in [0.4, 0.5) is 0 Å². The molecule has 12 aliphatic carbocycles. The predicted molar refractivity (Wildman–Crippen MR) is 346 cm³/mol. The van der Waals surface area contributed by atoms with Crippen molar-refractivity contribution in [2.75, 3.05) is 19.6 Å². The van der Waals surface area contributed by atoms with E-state index in [1.165, 1.54) is 192 Å². The van der Waals surface area contributed by atoms with Gasteiger partial charge in [-0.05, 0) is 278 Å². The van der Waals surface area contributed by atoms with E-state index in [0.29, 0.717) is 106 Å². The first-order valence-corrected chi connectivity index (χ1v) is 38.8. The molecule has 20 rings (SSSR count). The van der Waals surface area contributed by atoms with Crippen LogP contribution in [0.3, 0.4) is 0 Å². The highest BCUT2D eigenvalue weighted by Gasteiger charge is 2.94. The summed E-state index contributed by atoms with van der Waals surface area (Å²) in [4.78, 5) is 39.9. The molecule has 8 heteroatoms. The first kappa shape index (κ1) is 56.0. The average molecular weight is 1200 g/mol. The molecule has 7 aliphatic heterocycles. The van der Waals surface area contributed by atoms with Crippen LogP contribution in [0.15, 0.2) is 63.8 Å². The fraction of sp³-hybridized carbons (Fsp3) is 0.802. The highest BCUT2D eigenvalue weighted by Crippen LogP contribution is 2.89. The number of hydrogen-bond donors (Lipinski definition) is 2. The van der Waals surface area contributed by atoms with Crippen molar-refractivity contribution in [3.05, 3.63) is 80.5 Å². The van der Waals surface area contributed by atoms with E-state index < -0.39 is 16.4 Å². The zero-order chi connectivity index (χ0) is 59.3. The van der Waals surface area contributed by atoms with Crippen LogP contribution in [-0.4, -0.2) is 64.6 Å². The van der Waals surface area contributed by atoms with Gasteiger partial charge in [0.2, 0.25) is 0 Å². The monoisotopic (exact) mass is 1200 g/mol. The maximum atomic E-state index is 17.5. The van der Waals surface area contributed by atoms with Crippen molar-refractivity contribution in [2.45, 2.75) is 275 Å². The summed E-state index contributed by atoms with van der Waals surface area (Å²) in [6, 6.07) is 7.96. The lowest BCUT2D eigenvalue weighted by molar-refractivity contribution is -0.283. The minimum Gasteiger partial charge on any atom is -0.508 e. The van der Waals surface area contributed by atoms with Crippen LogP contribution in [0, 0.1) is 109 Å². The van der Waals surface area contributed by atoms with Crippen LogP contribution in [0.25, 0.3) is 0 Å². The summed E-state index contributed by atoms with van der Waals surface area (Å²) < 4.78 is 15.6. The van der Waals surface area contributed by atoms with Crippen molar-refractivity contribution < 1.29 is 24.2 Å². The number of allylic oxidation sites excluding steroid dienone is 4. The molecule has 1 aromatic rings. The van der Waals surface area contributed by atoms with E-state index in [1.54, 1.807) is 22.4 Å². The number of fused-ring (bicyclic) bond motifs is 14. The Labute approximate surface area is 533 Å². The van der Waals surface area contributed by atoms with E-state index in [1.807, 2.05) is 0 Å². The molecule has 0 aromatic heterocycles. The van der Waals surface area contributed by atoms with Crippen LogP contribution < -0.4 is 5.73 Å². The number of nitrogens with zero attached hydrogens (tertiary/aromatic N) is 2. The summed E-state index contributed by atoms with van der Waals surface area (Å²) in [5.41, 5.74) is 15.8. The number of piperidine rings is 3. The number of aliphatic hydroxyl groups is 1. The zero-order valence-electron chi connectivity index (χ0n) is 54.9. The summed E-state index contributed by atoms with van der Waals surface area (Å²) >= 11 is 0. The third kappa shape index (κ3) is 6.89. The Hall–Kier alpha value is -3.36. The van der Waals surface area contributed by atoms with Crippen molar-refractivity contribution in [3.8, 4) is 0 Å². The third-order valence-corrected chi connectivity index (χ3v) is 33.8. The molecule has 19 aliphatic rings. The quantitative estimate of drug-likeness (QED) is 0.227. The molecule has 0 unspecified atom stereocenters. The lowest BCUT2D eigenvalue weighted by atomic mass is 9.27. The van der Waals surface area contributed by atoms with Crippen LogP contribution in [0.2, 0.25) is 0 Å². The van der Waals surface area contributed by atoms with E-state index in [9.17, 15) is 5.11 Å². The highest BCUT2D eigenvalue weighted by atomic mass is 16.6. The average Bonchev–Trinajstić information content (AvgIpc) is 1.44. The lowest BCUT2D eigenvalue weighted by Gasteiger charge is -2.73. The van der Waals surface area contributed by atoms with E-state index in [0.717, 1.165) is 86.4 Å². The Kier molecular flexibility index (Phi) is 12.2. The van der Waals surface area contributed by atoms with Crippen LogP contribution in [-0.2, 0) is 26.3 Å². The molecule has 89 heavy (non-hydrogen) atoms. The van der Waals surface area contributed by atoms with E-state index in [-0.39, 0.29) is 35.7 Å². The van der Waals surface area contributed by atoms with Gasteiger partial charge in [-0.15, -0.1) is 0 Å². The molecule has 8 nitrogen and oxygen atoms in total. The lowest BCUT2D eigenvalue weighted by Crippen LogP contribution is -2.78.